The second kappa shape index (κ2) is 4.19. The van der Waals surface area contributed by atoms with Gasteiger partial charge in [0.05, 0.1) is 5.75 Å². The summed E-state index contributed by atoms with van der Waals surface area (Å²) in [5.74, 6) is 4.95. The van der Waals surface area contributed by atoms with Crippen LogP contribution in [0.3, 0.4) is 0 Å². The van der Waals surface area contributed by atoms with Crippen LogP contribution in [0.25, 0.3) is 0 Å². The highest BCUT2D eigenvalue weighted by molar-refractivity contribution is 7.80. The van der Waals surface area contributed by atoms with Crippen LogP contribution in [0.5, 0.6) is 0 Å². The molecule has 0 bridgehead atoms. The molecule has 0 spiro atoms. The third-order valence-electron chi connectivity index (χ3n) is 1.16. The Morgan fingerprint density at radius 2 is 2.50 bits per heavy atom. The fourth-order valence-electron chi connectivity index (χ4n) is 0.708. The van der Waals surface area contributed by atoms with Gasteiger partial charge in [-0.05, 0) is 11.4 Å². The SMILES string of the molecule is O=C(O)c1sccc1C#CCS. The van der Waals surface area contributed by atoms with Crippen molar-refractivity contribution in [1.82, 2.24) is 0 Å². The molecule has 1 N–H and O–H groups in total. The molecule has 1 heterocycles. The molecule has 0 saturated heterocycles. The summed E-state index contributed by atoms with van der Waals surface area (Å²) in [5, 5.41) is 10.4. The number of thiol groups is 1. The molecule has 1 aromatic heterocycles. The number of thiophene rings is 1. The van der Waals surface area contributed by atoms with Crippen LogP contribution < -0.4 is 0 Å². The highest BCUT2D eigenvalue weighted by Crippen LogP contribution is 2.15. The summed E-state index contributed by atoms with van der Waals surface area (Å²) in [6, 6.07) is 1.70. The van der Waals surface area contributed by atoms with E-state index in [1.54, 1.807) is 11.4 Å². The predicted octanol–water partition coefficient (Wildman–Crippen LogP) is 1.73. The molecule has 0 aliphatic heterocycles. The monoisotopic (exact) mass is 198 g/mol. The largest absolute Gasteiger partial charge is 0.477 e. The van der Waals surface area contributed by atoms with Gasteiger partial charge in [-0.15, -0.1) is 11.3 Å². The van der Waals surface area contributed by atoms with Gasteiger partial charge in [0.2, 0.25) is 0 Å². The fourth-order valence-corrected chi connectivity index (χ4v) is 1.47. The molecule has 1 aromatic rings. The molecule has 4 heteroatoms. The summed E-state index contributed by atoms with van der Waals surface area (Å²) in [5.41, 5.74) is 0.571. The average molecular weight is 198 g/mol. The van der Waals surface area contributed by atoms with Gasteiger partial charge in [0, 0.05) is 5.56 Å². The molecule has 0 fully saturated rings. The number of hydrogen-bond donors (Lipinski definition) is 2. The van der Waals surface area contributed by atoms with Crippen molar-refractivity contribution in [2.75, 3.05) is 5.75 Å². The second-order valence-corrected chi connectivity index (χ2v) is 3.16. The van der Waals surface area contributed by atoms with E-state index in [9.17, 15) is 4.79 Å². The van der Waals surface area contributed by atoms with Crippen LogP contribution in [0.1, 0.15) is 15.2 Å². The normalized spacial score (nSPS) is 8.75. The lowest BCUT2D eigenvalue weighted by molar-refractivity contribution is 0.0702. The van der Waals surface area contributed by atoms with Gasteiger partial charge in [0.1, 0.15) is 4.88 Å². The summed E-state index contributed by atoms with van der Waals surface area (Å²) in [6.45, 7) is 0. The standard InChI is InChI=1S/C8H6O2S2/c9-8(10)7-6(2-1-4-11)3-5-12-7/h3,5,11H,4H2,(H,9,10). The Morgan fingerprint density at radius 3 is 3.08 bits per heavy atom. The van der Waals surface area contributed by atoms with Crippen molar-refractivity contribution >= 4 is 29.9 Å². The van der Waals surface area contributed by atoms with Gasteiger partial charge < -0.3 is 5.11 Å². The number of hydrogen-bond acceptors (Lipinski definition) is 3. The Bertz CT molecular complexity index is 343. The molecule has 62 valence electrons. The van der Waals surface area contributed by atoms with Crippen molar-refractivity contribution in [1.29, 1.82) is 0 Å². The summed E-state index contributed by atoms with van der Waals surface area (Å²) in [6.07, 6.45) is 0. The number of aromatic carboxylic acids is 1. The van der Waals surface area contributed by atoms with Gasteiger partial charge in [-0.3, -0.25) is 0 Å². The minimum Gasteiger partial charge on any atom is -0.477 e. The first-order valence-corrected chi connectivity index (χ1v) is 4.67. The molecule has 0 aliphatic rings. The highest BCUT2D eigenvalue weighted by Gasteiger charge is 2.08. The first-order chi connectivity index (χ1) is 5.75. The van der Waals surface area contributed by atoms with Crippen LogP contribution in [0.4, 0.5) is 0 Å². The Labute approximate surface area is 79.6 Å². The highest BCUT2D eigenvalue weighted by atomic mass is 32.1. The zero-order valence-electron chi connectivity index (χ0n) is 6.07. The smallest absolute Gasteiger partial charge is 0.347 e. The third kappa shape index (κ3) is 2.03. The summed E-state index contributed by atoms with van der Waals surface area (Å²) in [4.78, 5) is 10.9. The Morgan fingerprint density at radius 1 is 1.75 bits per heavy atom. The van der Waals surface area contributed by atoms with Crippen molar-refractivity contribution in [3.05, 3.63) is 21.9 Å². The molecule has 0 aliphatic carbocycles. The van der Waals surface area contributed by atoms with Crippen LogP contribution in [-0.2, 0) is 0 Å². The maximum atomic E-state index is 10.6. The van der Waals surface area contributed by atoms with E-state index in [2.05, 4.69) is 24.5 Å². The van der Waals surface area contributed by atoms with Crippen molar-refractivity contribution in [3.8, 4) is 11.8 Å². The van der Waals surface area contributed by atoms with Crippen LogP contribution in [0, 0.1) is 11.8 Å². The molecule has 0 unspecified atom stereocenters. The predicted molar refractivity (Wildman–Crippen MR) is 52.0 cm³/mol. The van der Waals surface area contributed by atoms with E-state index in [0.717, 1.165) is 0 Å². The number of rotatable bonds is 1. The average Bonchev–Trinajstić information content (AvgIpc) is 2.48. The van der Waals surface area contributed by atoms with E-state index in [0.29, 0.717) is 16.2 Å². The maximum Gasteiger partial charge on any atom is 0.347 e. The summed E-state index contributed by atoms with van der Waals surface area (Å²) in [7, 11) is 0. The van der Waals surface area contributed by atoms with E-state index in [1.807, 2.05) is 0 Å². The Hall–Kier alpha value is -0.920. The van der Waals surface area contributed by atoms with Crippen LogP contribution >= 0.6 is 24.0 Å². The van der Waals surface area contributed by atoms with Crippen molar-refractivity contribution in [2.24, 2.45) is 0 Å². The van der Waals surface area contributed by atoms with Crippen LogP contribution in [0.2, 0.25) is 0 Å². The van der Waals surface area contributed by atoms with Crippen LogP contribution in [-0.4, -0.2) is 16.8 Å². The third-order valence-corrected chi connectivity index (χ3v) is 2.22. The Kier molecular flexibility index (Phi) is 3.20. The van der Waals surface area contributed by atoms with Gasteiger partial charge in [-0.1, -0.05) is 11.8 Å². The summed E-state index contributed by atoms with van der Waals surface area (Å²) < 4.78 is 0. The maximum absolute atomic E-state index is 10.6. The molecule has 0 atom stereocenters. The van der Waals surface area contributed by atoms with Gasteiger partial charge in [-0.25, -0.2) is 4.79 Å². The summed E-state index contributed by atoms with van der Waals surface area (Å²) >= 11 is 5.08. The van der Waals surface area contributed by atoms with Gasteiger partial charge in [-0.2, -0.15) is 12.6 Å². The van der Waals surface area contributed by atoms with E-state index in [1.165, 1.54) is 11.3 Å². The molecule has 0 aromatic carbocycles. The number of carbonyl (C=O) groups is 1. The van der Waals surface area contributed by atoms with E-state index in [-0.39, 0.29) is 0 Å². The van der Waals surface area contributed by atoms with Gasteiger partial charge >= 0.3 is 5.97 Å². The molecular weight excluding hydrogens is 192 g/mol. The van der Waals surface area contributed by atoms with E-state index >= 15 is 0 Å². The number of carboxylic acid groups (broad SMARTS) is 1. The zero-order valence-corrected chi connectivity index (χ0v) is 7.78. The topological polar surface area (TPSA) is 37.3 Å². The lowest BCUT2D eigenvalue weighted by atomic mass is 10.2. The molecule has 0 amide bonds. The molecular formula is C8H6O2S2. The van der Waals surface area contributed by atoms with Gasteiger partial charge in [0.15, 0.2) is 0 Å². The van der Waals surface area contributed by atoms with E-state index in [4.69, 9.17) is 5.11 Å². The second-order valence-electron chi connectivity index (χ2n) is 1.93. The first kappa shape index (κ1) is 9.17. The van der Waals surface area contributed by atoms with Crippen molar-refractivity contribution in [2.45, 2.75) is 0 Å². The minimum atomic E-state index is -0.923. The zero-order chi connectivity index (χ0) is 8.97. The van der Waals surface area contributed by atoms with Crippen molar-refractivity contribution in [3.63, 3.8) is 0 Å². The minimum absolute atomic E-state index is 0.296. The Balaban J connectivity index is 2.99. The number of carboxylic acids is 1. The van der Waals surface area contributed by atoms with E-state index < -0.39 is 5.97 Å². The van der Waals surface area contributed by atoms with Crippen molar-refractivity contribution < 1.29 is 9.90 Å². The van der Waals surface area contributed by atoms with Crippen LogP contribution in [0.15, 0.2) is 11.4 Å². The van der Waals surface area contributed by atoms with Gasteiger partial charge in [0.25, 0.3) is 0 Å². The molecule has 1 rings (SSSR count). The first-order valence-electron chi connectivity index (χ1n) is 3.16. The lowest BCUT2D eigenvalue weighted by Gasteiger charge is -1.86. The molecule has 0 saturated carbocycles. The molecule has 0 radical (unpaired) electrons. The quantitative estimate of drug-likeness (QED) is 0.532. The molecule has 2 nitrogen and oxygen atoms in total. The molecule has 12 heavy (non-hydrogen) atoms. The lowest BCUT2D eigenvalue weighted by Crippen LogP contribution is -1.94. The fraction of sp³-hybridized carbons (Fsp3) is 0.125.